The summed E-state index contributed by atoms with van der Waals surface area (Å²) in [6.07, 6.45) is 7.24. The van der Waals surface area contributed by atoms with Crippen LogP contribution in [0.4, 0.5) is 14.5 Å². The van der Waals surface area contributed by atoms with Crippen LogP contribution in [0.2, 0.25) is 0 Å². The highest BCUT2D eigenvalue weighted by Gasteiger charge is 2.54. The quantitative estimate of drug-likeness (QED) is 0.291. The number of hydrogen-bond donors (Lipinski definition) is 2. The largest absolute Gasteiger partial charge is 0.320 e. The lowest BCUT2D eigenvalue weighted by Gasteiger charge is -2.52. The molecular formula is C32H34F2N6O2. The Morgan fingerprint density at radius 1 is 1.07 bits per heavy atom. The number of pyridine rings is 1. The Hall–Kier alpha value is -4.18. The van der Waals surface area contributed by atoms with E-state index in [-0.39, 0.29) is 16.7 Å². The molecular weight excluding hydrogens is 538 g/mol. The van der Waals surface area contributed by atoms with Crippen molar-refractivity contribution in [2.75, 3.05) is 11.9 Å². The monoisotopic (exact) mass is 572 g/mol. The van der Waals surface area contributed by atoms with Gasteiger partial charge in [0, 0.05) is 25.5 Å². The number of aromatic nitrogens is 4. The van der Waals surface area contributed by atoms with E-state index in [9.17, 15) is 14.0 Å². The number of hydrogen-bond acceptors (Lipinski definition) is 5. The van der Waals surface area contributed by atoms with E-state index in [1.165, 1.54) is 53.8 Å². The summed E-state index contributed by atoms with van der Waals surface area (Å²) in [6.45, 7) is 5.64. The van der Waals surface area contributed by atoms with Crippen LogP contribution in [-0.2, 0) is 19.0 Å². The molecule has 2 aromatic carbocycles. The minimum absolute atomic E-state index is 0.0197. The van der Waals surface area contributed by atoms with Gasteiger partial charge in [0.25, 0.3) is 11.5 Å². The molecule has 1 amide bonds. The summed E-state index contributed by atoms with van der Waals surface area (Å²) in [6, 6.07) is 11.7. The Balaban J connectivity index is 1.34. The number of benzene rings is 2. The van der Waals surface area contributed by atoms with Crippen molar-refractivity contribution >= 4 is 11.6 Å². The second kappa shape index (κ2) is 10.6. The molecule has 2 aliphatic rings. The van der Waals surface area contributed by atoms with Gasteiger partial charge in [-0.2, -0.15) is 0 Å². The highest BCUT2D eigenvalue weighted by Crippen LogP contribution is 2.58. The Morgan fingerprint density at radius 2 is 1.81 bits per heavy atom. The van der Waals surface area contributed by atoms with Gasteiger partial charge in [0.05, 0.1) is 11.1 Å². The van der Waals surface area contributed by atoms with Crippen molar-refractivity contribution in [1.29, 1.82) is 0 Å². The third-order valence-corrected chi connectivity index (χ3v) is 8.35. The Labute approximate surface area is 242 Å². The number of anilines is 1. The molecule has 2 fully saturated rings. The summed E-state index contributed by atoms with van der Waals surface area (Å²) < 4.78 is 32.0. The average Bonchev–Trinajstić information content (AvgIpc) is 3.66. The Bertz CT molecular complexity index is 1700. The molecule has 0 bridgehead atoms. The van der Waals surface area contributed by atoms with Gasteiger partial charge in [0.15, 0.2) is 0 Å². The first-order chi connectivity index (χ1) is 20.0. The van der Waals surface area contributed by atoms with E-state index < -0.39 is 28.5 Å². The molecule has 4 aromatic rings. The zero-order valence-corrected chi connectivity index (χ0v) is 24.0. The van der Waals surface area contributed by atoms with E-state index in [1.54, 1.807) is 24.7 Å². The van der Waals surface area contributed by atoms with E-state index in [2.05, 4.69) is 34.7 Å². The number of nitrogens with one attached hydrogen (secondary N) is 2. The van der Waals surface area contributed by atoms with Crippen molar-refractivity contribution in [2.24, 2.45) is 18.4 Å². The summed E-state index contributed by atoms with van der Waals surface area (Å²) in [5, 5.41) is 14.5. The number of halogens is 2. The fourth-order valence-electron chi connectivity index (χ4n) is 6.33. The van der Waals surface area contributed by atoms with Gasteiger partial charge >= 0.3 is 0 Å². The zero-order valence-electron chi connectivity index (χ0n) is 24.0. The molecule has 10 heteroatoms. The minimum atomic E-state index is -0.724. The van der Waals surface area contributed by atoms with Crippen molar-refractivity contribution in [3.63, 3.8) is 0 Å². The predicted molar refractivity (Wildman–Crippen MR) is 156 cm³/mol. The summed E-state index contributed by atoms with van der Waals surface area (Å²) in [5.74, 6) is -0.342. The Kier molecular flexibility index (Phi) is 7.04. The van der Waals surface area contributed by atoms with Gasteiger partial charge in [0.1, 0.15) is 29.3 Å². The van der Waals surface area contributed by atoms with Crippen molar-refractivity contribution in [3.8, 4) is 5.69 Å². The number of amides is 1. The van der Waals surface area contributed by atoms with E-state index in [0.717, 1.165) is 30.8 Å². The van der Waals surface area contributed by atoms with Crippen molar-refractivity contribution in [2.45, 2.75) is 51.5 Å². The van der Waals surface area contributed by atoms with E-state index >= 15 is 4.39 Å². The van der Waals surface area contributed by atoms with E-state index in [4.69, 9.17) is 0 Å². The van der Waals surface area contributed by atoms with Crippen LogP contribution in [0.15, 0.2) is 65.8 Å². The maximum absolute atomic E-state index is 15.2. The second-order valence-electron chi connectivity index (χ2n) is 12.5. The van der Waals surface area contributed by atoms with Gasteiger partial charge < -0.3 is 15.2 Å². The van der Waals surface area contributed by atoms with Gasteiger partial charge in [-0.05, 0) is 97.2 Å². The molecule has 42 heavy (non-hydrogen) atoms. The summed E-state index contributed by atoms with van der Waals surface area (Å²) in [7, 11) is 1.88. The van der Waals surface area contributed by atoms with Gasteiger partial charge in [0.2, 0.25) is 0 Å². The molecule has 0 spiro atoms. The third-order valence-electron chi connectivity index (χ3n) is 8.35. The molecule has 0 aliphatic heterocycles. The molecule has 8 nitrogen and oxygen atoms in total. The molecule has 2 heterocycles. The average molecular weight is 573 g/mol. The smallest absolute Gasteiger partial charge is 0.267 e. The molecule has 218 valence electrons. The van der Waals surface area contributed by atoms with Crippen molar-refractivity contribution < 1.29 is 13.6 Å². The molecule has 0 saturated heterocycles. The molecule has 2 aliphatic carbocycles. The van der Waals surface area contributed by atoms with Crippen LogP contribution in [0.5, 0.6) is 0 Å². The lowest BCUT2D eigenvalue weighted by atomic mass is 9.51. The maximum atomic E-state index is 15.2. The van der Waals surface area contributed by atoms with Crippen LogP contribution in [-0.4, -0.2) is 31.8 Å². The van der Waals surface area contributed by atoms with E-state index in [0.29, 0.717) is 23.7 Å². The van der Waals surface area contributed by atoms with Crippen LogP contribution in [0.1, 0.15) is 66.8 Å². The number of carbonyl (C=O) groups is 1. The molecule has 2 N–H and O–H groups in total. The second-order valence-corrected chi connectivity index (χ2v) is 12.5. The van der Waals surface area contributed by atoms with Crippen LogP contribution >= 0.6 is 0 Å². The molecule has 6 rings (SSSR count). The van der Waals surface area contributed by atoms with Crippen LogP contribution in [0.3, 0.4) is 0 Å². The number of rotatable bonds is 9. The van der Waals surface area contributed by atoms with Gasteiger partial charge in [-0.3, -0.25) is 14.2 Å². The first-order valence-electron chi connectivity index (χ1n) is 14.2. The zero-order chi connectivity index (χ0) is 29.6. The first-order valence-corrected chi connectivity index (χ1v) is 14.2. The lowest BCUT2D eigenvalue weighted by molar-refractivity contribution is 0.0790. The minimum Gasteiger partial charge on any atom is -0.320 e. The SMILES string of the molecule is Cn1cnnc1C1(c2ccc(F)c(NC(=O)c3cc(CNCC4CC4)cn(-c4ccc(F)cc4)c3=O)c2)CC(C)(C)C1. The highest BCUT2D eigenvalue weighted by molar-refractivity contribution is 6.04. The predicted octanol–water partition coefficient (Wildman–Crippen LogP) is 5.10. The summed E-state index contributed by atoms with van der Waals surface area (Å²) >= 11 is 0. The number of nitrogens with zero attached hydrogens (tertiary/aromatic N) is 4. The van der Waals surface area contributed by atoms with Gasteiger partial charge in [-0.25, -0.2) is 8.78 Å². The van der Waals surface area contributed by atoms with Gasteiger partial charge in [-0.1, -0.05) is 19.9 Å². The number of aryl methyl sites for hydroxylation is 1. The Morgan fingerprint density at radius 3 is 2.45 bits per heavy atom. The normalized spacial score (nSPS) is 17.1. The molecule has 2 saturated carbocycles. The molecule has 2 aromatic heterocycles. The standard InChI is InChI=1S/C32H34F2N6O2/c1-31(2)17-32(18-31,30-38-36-19-39(30)3)22-6-11-26(34)27(13-22)37-28(41)25-12-21(15-35-14-20-4-5-20)16-40(29(25)42)24-9-7-23(33)8-10-24/h6-13,16,19-20,35H,4-5,14-15,17-18H2,1-3H3,(H,37,41). The maximum Gasteiger partial charge on any atom is 0.267 e. The van der Waals surface area contributed by atoms with Gasteiger partial charge in [-0.15, -0.1) is 10.2 Å². The van der Waals surface area contributed by atoms with E-state index in [1.807, 2.05) is 11.6 Å². The highest BCUT2D eigenvalue weighted by atomic mass is 19.1. The lowest BCUT2D eigenvalue weighted by Crippen LogP contribution is -2.49. The third kappa shape index (κ3) is 5.38. The van der Waals surface area contributed by atoms with Crippen molar-refractivity contribution in [3.05, 3.63) is 106 Å². The van der Waals surface area contributed by atoms with Crippen LogP contribution < -0.4 is 16.2 Å². The summed E-state index contributed by atoms with van der Waals surface area (Å²) in [5.41, 5.74) is 0.779. The number of carbonyl (C=O) groups excluding carboxylic acids is 1. The first kappa shape index (κ1) is 28.0. The molecule has 0 unspecified atom stereocenters. The molecule has 0 radical (unpaired) electrons. The molecule has 0 atom stereocenters. The van der Waals surface area contributed by atoms with Crippen molar-refractivity contribution in [1.82, 2.24) is 24.6 Å². The fourth-order valence-corrected chi connectivity index (χ4v) is 6.33. The van der Waals surface area contributed by atoms with Crippen LogP contribution in [0, 0.1) is 23.0 Å². The van der Waals surface area contributed by atoms with Crippen LogP contribution in [0.25, 0.3) is 5.69 Å². The topological polar surface area (TPSA) is 93.8 Å². The summed E-state index contributed by atoms with van der Waals surface area (Å²) in [4.78, 5) is 27.1. The fraction of sp³-hybridized carbons (Fsp3) is 0.375.